The number of nitrogens with one attached hydrogen (secondary N) is 2. The Labute approximate surface area is 159 Å². The Bertz CT molecular complexity index is 822. The predicted octanol–water partition coefficient (Wildman–Crippen LogP) is 2.78. The van der Waals surface area contributed by atoms with Crippen LogP contribution in [0.15, 0.2) is 48.8 Å². The third kappa shape index (κ3) is 3.93. The molecule has 2 bridgehead atoms. The summed E-state index contributed by atoms with van der Waals surface area (Å²) in [6.07, 6.45) is 6.86. The van der Waals surface area contributed by atoms with Crippen LogP contribution in [0, 0.1) is 17.2 Å². The highest BCUT2D eigenvalue weighted by molar-refractivity contribution is 5.89. The van der Waals surface area contributed by atoms with Gasteiger partial charge in [-0.05, 0) is 74.2 Å². The number of rotatable bonds is 4. The highest BCUT2D eigenvalue weighted by atomic mass is 16.2. The molecule has 6 heteroatoms. The molecule has 0 radical (unpaired) electrons. The molecule has 3 saturated heterocycles. The van der Waals surface area contributed by atoms with E-state index in [0.717, 1.165) is 32.4 Å². The topological polar surface area (TPSA) is 81.0 Å². The standard InChI is InChI=1S/C21H23N5O/c22-13-15-3-5-18(6-4-15)24-21(27)25-20-17-7-10-26(11-8-17)19(20)12-16-2-1-9-23-14-16/h1-6,9,14,17,19-20H,7-8,10-12H2,(H2,24,25,27)/t19-,20-/m0/s1. The lowest BCUT2D eigenvalue weighted by atomic mass is 9.77. The van der Waals surface area contributed by atoms with Gasteiger partial charge < -0.3 is 10.6 Å². The first-order valence-electron chi connectivity index (χ1n) is 9.43. The molecule has 6 nitrogen and oxygen atoms in total. The van der Waals surface area contributed by atoms with Gasteiger partial charge in [-0.2, -0.15) is 5.26 Å². The zero-order valence-electron chi connectivity index (χ0n) is 15.1. The Morgan fingerprint density at radius 1 is 1.22 bits per heavy atom. The van der Waals surface area contributed by atoms with E-state index < -0.39 is 0 Å². The number of aromatic nitrogens is 1. The second-order valence-electron chi connectivity index (χ2n) is 7.32. The van der Waals surface area contributed by atoms with Crippen molar-refractivity contribution in [3.8, 4) is 6.07 Å². The van der Waals surface area contributed by atoms with Gasteiger partial charge in [0.15, 0.2) is 0 Å². The molecule has 5 rings (SSSR count). The number of nitrogens with zero attached hydrogens (tertiary/aromatic N) is 3. The van der Waals surface area contributed by atoms with Crippen LogP contribution in [0.4, 0.5) is 10.5 Å². The van der Waals surface area contributed by atoms with E-state index in [2.05, 4.69) is 32.7 Å². The minimum atomic E-state index is -0.186. The molecule has 1 aromatic carbocycles. The number of pyridine rings is 1. The maximum atomic E-state index is 12.6. The van der Waals surface area contributed by atoms with Crippen molar-refractivity contribution in [2.24, 2.45) is 5.92 Å². The molecule has 1 aromatic heterocycles. The second-order valence-corrected chi connectivity index (χ2v) is 7.32. The number of hydrogen-bond donors (Lipinski definition) is 2. The molecule has 2 N–H and O–H groups in total. The molecule has 0 aliphatic carbocycles. The van der Waals surface area contributed by atoms with Crippen LogP contribution in [0.2, 0.25) is 0 Å². The second kappa shape index (κ2) is 7.77. The zero-order valence-corrected chi connectivity index (χ0v) is 15.1. The fourth-order valence-electron chi connectivity index (χ4n) is 4.33. The summed E-state index contributed by atoms with van der Waals surface area (Å²) < 4.78 is 0. The van der Waals surface area contributed by atoms with Crippen molar-refractivity contribution in [1.82, 2.24) is 15.2 Å². The molecule has 0 saturated carbocycles. The van der Waals surface area contributed by atoms with Gasteiger partial charge in [0.2, 0.25) is 0 Å². The molecule has 2 aromatic rings. The van der Waals surface area contributed by atoms with Crippen molar-refractivity contribution < 1.29 is 4.79 Å². The molecule has 4 heterocycles. The van der Waals surface area contributed by atoms with E-state index >= 15 is 0 Å². The predicted molar refractivity (Wildman–Crippen MR) is 103 cm³/mol. The molecule has 0 unspecified atom stereocenters. The quantitative estimate of drug-likeness (QED) is 0.877. The van der Waals surface area contributed by atoms with Crippen LogP contribution >= 0.6 is 0 Å². The van der Waals surface area contributed by atoms with E-state index in [1.54, 1.807) is 30.5 Å². The number of nitriles is 1. The van der Waals surface area contributed by atoms with Crippen molar-refractivity contribution in [2.45, 2.75) is 31.3 Å². The van der Waals surface area contributed by atoms with E-state index in [0.29, 0.717) is 23.2 Å². The van der Waals surface area contributed by atoms with Gasteiger partial charge in [0.25, 0.3) is 0 Å². The molecular formula is C21H23N5O. The van der Waals surface area contributed by atoms with E-state index in [4.69, 9.17) is 5.26 Å². The fraction of sp³-hybridized carbons (Fsp3) is 0.381. The minimum absolute atomic E-state index is 0.131. The Morgan fingerprint density at radius 2 is 2.00 bits per heavy atom. The number of hydrogen-bond acceptors (Lipinski definition) is 4. The minimum Gasteiger partial charge on any atom is -0.333 e. The van der Waals surface area contributed by atoms with Crippen LogP contribution in [-0.4, -0.2) is 41.1 Å². The summed E-state index contributed by atoms with van der Waals surface area (Å²) in [6, 6.07) is 13.3. The third-order valence-electron chi connectivity index (χ3n) is 5.70. The molecule has 2 atom stereocenters. The van der Waals surface area contributed by atoms with Crippen LogP contribution < -0.4 is 10.6 Å². The number of urea groups is 1. The normalized spacial score (nSPS) is 26.2. The monoisotopic (exact) mass is 361 g/mol. The van der Waals surface area contributed by atoms with Gasteiger partial charge in [-0.3, -0.25) is 9.88 Å². The lowest BCUT2D eigenvalue weighted by Crippen LogP contribution is -2.64. The van der Waals surface area contributed by atoms with Crippen LogP contribution in [-0.2, 0) is 6.42 Å². The number of carbonyl (C=O) groups excluding carboxylic acids is 1. The molecular weight excluding hydrogens is 338 g/mol. The van der Waals surface area contributed by atoms with Gasteiger partial charge in [0.1, 0.15) is 0 Å². The van der Waals surface area contributed by atoms with Crippen LogP contribution in [0.1, 0.15) is 24.0 Å². The summed E-state index contributed by atoms with van der Waals surface area (Å²) in [6.45, 7) is 2.20. The summed E-state index contributed by atoms with van der Waals surface area (Å²) in [7, 11) is 0. The molecule has 0 spiro atoms. The molecule has 3 aliphatic heterocycles. The summed E-state index contributed by atoms with van der Waals surface area (Å²) in [5.74, 6) is 0.517. The van der Waals surface area contributed by atoms with Crippen molar-refractivity contribution in [2.75, 3.05) is 18.4 Å². The summed E-state index contributed by atoms with van der Waals surface area (Å²) in [5, 5.41) is 15.0. The number of benzene rings is 1. The number of piperidine rings is 3. The highest BCUT2D eigenvalue weighted by Gasteiger charge is 2.42. The van der Waals surface area contributed by atoms with Gasteiger partial charge in [-0.25, -0.2) is 4.79 Å². The summed E-state index contributed by atoms with van der Waals surface area (Å²) in [4.78, 5) is 19.3. The van der Waals surface area contributed by atoms with Gasteiger partial charge >= 0.3 is 6.03 Å². The number of anilines is 1. The first-order chi connectivity index (χ1) is 13.2. The lowest BCUT2D eigenvalue weighted by molar-refractivity contribution is 0.0184. The first kappa shape index (κ1) is 17.5. The Balaban J connectivity index is 1.44. The zero-order chi connectivity index (χ0) is 18.6. The van der Waals surface area contributed by atoms with Crippen molar-refractivity contribution in [1.29, 1.82) is 5.26 Å². The Hall–Kier alpha value is -2.91. The van der Waals surface area contributed by atoms with E-state index in [9.17, 15) is 4.79 Å². The third-order valence-corrected chi connectivity index (χ3v) is 5.70. The van der Waals surface area contributed by atoms with E-state index in [1.807, 2.05) is 12.3 Å². The maximum Gasteiger partial charge on any atom is 0.319 e. The van der Waals surface area contributed by atoms with Gasteiger partial charge in [-0.15, -0.1) is 0 Å². The molecule has 138 valence electrons. The average Bonchev–Trinajstić information content (AvgIpc) is 2.72. The summed E-state index contributed by atoms with van der Waals surface area (Å²) >= 11 is 0. The average molecular weight is 361 g/mol. The van der Waals surface area contributed by atoms with E-state index in [1.165, 1.54) is 5.56 Å². The smallest absolute Gasteiger partial charge is 0.319 e. The molecule has 27 heavy (non-hydrogen) atoms. The van der Waals surface area contributed by atoms with E-state index in [-0.39, 0.29) is 12.1 Å². The van der Waals surface area contributed by atoms with Crippen LogP contribution in [0.25, 0.3) is 0 Å². The van der Waals surface area contributed by atoms with Crippen molar-refractivity contribution in [3.05, 3.63) is 59.9 Å². The van der Waals surface area contributed by atoms with Crippen molar-refractivity contribution in [3.63, 3.8) is 0 Å². The Kier molecular flexibility index (Phi) is 5.03. The Morgan fingerprint density at radius 3 is 2.67 bits per heavy atom. The number of amides is 2. The van der Waals surface area contributed by atoms with Crippen LogP contribution in [0.3, 0.4) is 0 Å². The molecule has 2 amide bonds. The van der Waals surface area contributed by atoms with Gasteiger partial charge in [0.05, 0.1) is 11.6 Å². The largest absolute Gasteiger partial charge is 0.333 e. The number of carbonyl (C=O) groups is 1. The first-order valence-corrected chi connectivity index (χ1v) is 9.43. The molecule has 3 aliphatic rings. The molecule has 3 fully saturated rings. The SMILES string of the molecule is N#Cc1ccc(NC(=O)N[C@H]2C3CCN(CC3)[C@H]2Cc2cccnc2)cc1. The lowest BCUT2D eigenvalue weighted by Gasteiger charge is -2.51. The highest BCUT2D eigenvalue weighted by Crippen LogP contribution is 2.34. The fourth-order valence-corrected chi connectivity index (χ4v) is 4.33. The number of fused-ring (bicyclic) bond motifs is 3. The van der Waals surface area contributed by atoms with Crippen molar-refractivity contribution >= 4 is 11.7 Å². The van der Waals surface area contributed by atoms with Gasteiger partial charge in [0, 0.05) is 30.2 Å². The summed E-state index contributed by atoms with van der Waals surface area (Å²) in [5.41, 5.74) is 2.47. The van der Waals surface area contributed by atoms with Gasteiger partial charge in [-0.1, -0.05) is 6.07 Å². The maximum absolute atomic E-state index is 12.6. The van der Waals surface area contributed by atoms with Crippen LogP contribution in [0.5, 0.6) is 0 Å².